The number of hydrogen-bond acceptors (Lipinski definition) is 4. The lowest BCUT2D eigenvalue weighted by Gasteiger charge is -2.21. The topological polar surface area (TPSA) is 50.8 Å². The summed E-state index contributed by atoms with van der Waals surface area (Å²) in [6, 6.07) is 12.2. The van der Waals surface area contributed by atoms with Crippen LogP contribution >= 0.6 is 0 Å². The Hall–Kier alpha value is -2.60. The van der Waals surface area contributed by atoms with Crippen molar-refractivity contribution < 1.29 is 18.7 Å². The Labute approximate surface area is 166 Å². The largest absolute Gasteiger partial charge is 0.493 e. The SMILES string of the molecule is CCOc1ccc(CN(CC)CC(=O)NCCc2ccc(F)cc2)cc1OC. The van der Waals surface area contributed by atoms with Gasteiger partial charge in [0.1, 0.15) is 5.82 Å². The Bertz CT molecular complexity index is 750. The van der Waals surface area contributed by atoms with Crippen molar-refractivity contribution in [3.8, 4) is 11.5 Å². The van der Waals surface area contributed by atoms with Crippen LogP contribution in [0.15, 0.2) is 42.5 Å². The van der Waals surface area contributed by atoms with Crippen LogP contribution in [0.4, 0.5) is 4.39 Å². The second-order valence-electron chi connectivity index (χ2n) is 6.45. The van der Waals surface area contributed by atoms with Gasteiger partial charge in [-0.2, -0.15) is 0 Å². The molecule has 0 atom stereocenters. The van der Waals surface area contributed by atoms with E-state index in [-0.39, 0.29) is 11.7 Å². The molecule has 2 rings (SSSR count). The van der Waals surface area contributed by atoms with Crippen molar-refractivity contribution in [2.45, 2.75) is 26.8 Å². The molecule has 5 nitrogen and oxygen atoms in total. The van der Waals surface area contributed by atoms with E-state index in [0.29, 0.717) is 38.4 Å². The number of likely N-dealkylation sites (N-methyl/N-ethyl adjacent to an activating group) is 1. The van der Waals surface area contributed by atoms with Gasteiger partial charge in [-0.15, -0.1) is 0 Å². The van der Waals surface area contributed by atoms with Crippen LogP contribution in [0.5, 0.6) is 11.5 Å². The molecule has 6 heteroatoms. The van der Waals surface area contributed by atoms with Gasteiger partial charge in [0, 0.05) is 13.1 Å². The first kappa shape index (κ1) is 21.7. The average molecular weight is 388 g/mol. The first-order chi connectivity index (χ1) is 13.5. The lowest BCUT2D eigenvalue weighted by molar-refractivity contribution is -0.122. The van der Waals surface area contributed by atoms with Gasteiger partial charge < -0.3 is 14.8 Å². The van der Waals surface area contributed by atoms with E-state index in [0.717, 1.165) is 23.4 Å². The molecule has 0 unspecified atom stereocenters. The van der Waals surface area contributed by atoms with Crippen molar-refractivity contribution in [1.82, 2.24) is 10.2 Å². The van der Waals surface area contributed by atoms with Gasteiger partial charge in [0.25, 0.3) is 0 Å². The van der Waals surface area contributed by atoms with E-state index in [9.17, 15) is 9.18 Å². The molecule has 0 fully saturated rings. The van der Waals surface area contributed by atoms with E-state index in [1.165, 1.54) is 12.1 Å². The van der Waals surface area contributed by atoms with Crippen LogP contribution in [0.3, 0.4) is 0 Å². The Balaban J connectivity index is 1.84. The number of rotatable bonds is 11. The van der Waals surface area contributed by atoms with Crippen LogP contribution in [0.25, 0.3) is 0 Å². The number of hydrogen-bond donors (Lipinski definition) is 1. The Kier molecular flexibility index (Phi) is 8.75. The zero-order chi connectivity index (χ0) is 20.4. The van der Waals surface area contributed by atoms with Crippen molar-refractivity contribution >= 4 is 5.91 Å². The molecule has 0 aliphatic heterocycles. The summed E-state index contributed by atoms with van der Waals surface area (Å²) in [5.41, 5.74) is 2.05. The highest BCUT2D eigenvalue weighted by atomic mass is 19.1. The minimum Gasteiger partial charge on any atom is -0.493 e. The van der Waals surface area contributed by atoms with Gasteiger partial charge in [-0.3, -0.25) is 9.69 Å². The van der Waals surface area contributed by atoms with Crippen LogP contribution in [0.2, 0.25) is 0 Å². The number of halogens is 1. The van der Waals surface area contributed by atoms with Crippen molar-refractivity contribution in [1.29, 1.82) is 0 Å². The molecule has 0 aromatic heterocycles. The zero-order valence-corrected chi connectivity index (χ0v) is 16.8. The summed E-state index contributed by atoms with van der Waals surface area (Å²) in [5.74, 6) is 1.13. The number of amides is 1. The highest BCUT2D eigenvalue weighted by Crippen LogP contribution is 2.28. The monoisotopic (exact) mass is 388 g/mol. The van der Waals surface area contributed by atoms with Crippen molar-refractivity contribution in [2.24, 2.45) is 0 Å². The van der Waals surface area contributed by atoms with Gasteiger partial charge in [-0.1, -0.05) is 25.1 Å². The summed E-state index contributed by atoms with van der Waals surface area (Å²) in [5, 5.41) is 2.93. The van der Waals surface area contributed by atoms with Gasteiger partial charge in [0.2, 0.25) is 5.91 Å². The fourth-order valence-electron chi connectivity index (χ4n) is 2.88. The summed E-state index contributed by atoms with van der Waals surface area (Å²) >= 11 is 0. The van der Waals surface area contributed by atoms with Crippen LogP contribution in [-0.2, 0) is 17.8 Å². The molecular weight excluding hydrogens is 359 g/mol. The molecule has 0 spiro atoms. The number of ether oxygens (including phenoxy) is 2. The highest BCUT2D eigenvalue weighted by Gasteiger charge is 2.12. The van der Waals surface area contributed by atoms with Gasteiger partial charge in [-0.05, 0) is 55.3 Å². The Morgan fingerprint density at radius 1 is 1.07 bits per heavy atom. The maximum absolute atomic E-state index is 12.9. The van der Waals surface area contributed by atoms with Crippen molar-refractivity contribution in [3.63, 3.8) is 0 Å². The molecule has 0 saturated heterocycles. The van der Waals surface area contributed by atoms with Crippen molar-refractivity contribution in [2.75, 3.05) is 33.4 Å². The van der Waals surface area contributed by atoms with Gasteiger partial charge >= 0.3 is 0 Å². The smallest absolute Gasteiger partial charge is 0.234 e. The molecule has 28 heavy (non-hydrogen) atoms. The van der Waals surface area contributed by atoms with Crippen LogP contribution in [-0.4, -0.2) is 44.2 Å². The van der Waals surface area contributed by atoms with E-state index in [2.05, 4.69) is 10.2 Å². The highest BCUT2D eigenvalue weighted by molar-refractivity contribution is 5.78. The number of methoxy groups -OCH3 is 1. The van der Waals surface area contributed by atoms with Gasteiger partial charge in [0.05, 0.1) is 20.3 Å². The normalized spacial score (nSPS) is 10.8. The molecule has 0 saturated carbocycles. The molecule has 152 valence electrons. The molecule has 1 amide bonds. The summed E-state index contributed by atoms with van der Waals surface area (Å²) in [6.07, 6.45) is 0.675. The minimum atomic E-state index is -0.253. The molecule has 0 bridgehead atoms. The minimum absolute atomic E-state index is 0.0261. The summed E-state index contributed by atoms with van der Waals surface area (Å²) in [7, 11) is 1.62. The number of benzene rings is 2. The predicted octanol–water partition coefficient (Wildman–Crippen LogP) is 3.41. The molecule has 2 aromatic carbocycles. The molecule has 1 N–H and O–H groups in total. The lowest BCUT2D eigenvalue weighted by atomic mass is 10.1. The first-order valence-electron chi connectivity index (χ1n) is 9.58. The van der Waals surface area contributed by atoms with E-state index in [4.69, 9.17) is 9.47 Å². The van der Waals surface area contributed by atoms with Crippen LogP contribution in [0.1, 0.15) is 25.0 Å². The zero-order valence-electron chi connectivity index (χ0n) is 16.8. The third kappa shape index (κ3) is 6.85. The summed E-state index contributed by atoms with van der Waals surface area (Å²) in [6.45, 7) is 6.77. The lowest BCUT2D eigenvalue weighted by Crippen LogP contribution is -2.37. The fourth-order valence-corrected chi connectivity index (χ4v) is 2.88. The second-order valence-corrected chi connectivity index (χ2v) is 6.45. The second kappa shape index (κ2) is 11.3. The average Bonchev–Trinajstić information content (AvgIpc) is 2.70. The molecule has 0 aliphatic carbocycles. The predicted molar refractivity (Wildman–Crippen MR) is 108 cm³/mol. The number of nitrogens with one attached hydrogen (secondary N) is 1. The summed E-state index contributed by atoms with van der Waals surface area (Å²) in [4.78, 5) is 14.3. The quantitative estimate of drug-likeness (QED) is 0.641. The third-order valence-electron chi connectivity index (χ3n) is 4.40. The Morgan fingerprint density at radius 3 is 2.43 bits per heavy atom. The molecular formula is C22H29FN2O3. The van der Waals surface area contributed by atoms with E-state index >= 15 is 0 Å². The number of carbonyl (C=O) groups excluding carboxylic acids is 1. The standard InChI is InChI=1S/C22H29FN2O3/c1-4-25(15-18-8-11-20(28-5-2)21(14-18)27-3)16-22(26)24-13-12-17-6-9-19(23)10-7-17/h6-11,14H,4-5,12-13,15-16H2,1-3H3,(H,24,26). The fraction of sp³-hybridized carbons (Fsp3) is 0.409. The van der Waals surface area contributed by atoms with E-state index in [1.54, 1.807) is 19.2 Å². The van der Waals surface area contributed by atoms with Crippen molar-refractivity contribution in [3.05, 3.63) is 59.4 Å². The number of carbonyl (C=O) groups is 1. The first-order valence-corrected chi connectivity index (χ1v) is 9.58. The maximum Gasteiger partial charge on any atom is 0.234 e. The molecule has 0 aliphatic rings. The molecule has 0 heterocycles. The van der Waals surface area contributed by atoms with E-state index in [1.807, 2.05) is 32.0 Å². The van der Waals surface area contributed by atoms with Crippen LogP contribution < -0.4 is 14.8 Å². The molecule has 0 radical (unpaired) electrons. The van der Waals surface area contributed by atoms with Crippen LogP contribution in [0, 0.1) is 5.82 Å². The Morgan fingerprint density at radius 2 is 1.79 bits per heavy atom. The third-order valence-corrected chi connectivity index (χ3v) is 4.40. The van der Waals surface area contributed by atoms with E-state index < -0.39 is 0 Å². The van der Waals surface area contributed by atoms with Gasteiger partial charge in [0.15, 0.2) is 11.5 Å². The van der Waals surface area contributed by atoms with Gasteiger partial charge in [-0.25, -0.2) is 4.39 Å². The number of nitrogens with zero attached hydrogens (tertiary/aromatic N) is 1. The summed E-state index contributed by atoms with van der Waals surface area (Å²) < 4.78 is 23.9. The molecule has 2 aromatic rings. The maximum atomic E-state index is 12.9.